The predicted octanol–water partition coefficient (Wildman–Crippen LogP) is 2.32. The molecule has 1 amide bonds. The Morgan fingerprint density at radius 1 is 1.37 bits per heavy atom. The third-order valence-electron chi connectivity index (χ3n) is 3.14. The van der Waals surface area contributed by atoms with Crippen LogP contribution in [0.5, 0.6) is 5.75 Å². The molecule has 1 aliphatic rings. The predicted molar refractivity (Wildman–Crippen MR) is 75.7 cm³/mol. The Morgan fingerprint density at radius 2 is 2.05 bits per heavy atom. The fraction of sp³-hybridized carbons (Fsp3) is 0.462. The van der Waals surface area contributed by atoms with Crippen LogP contribution < -0.4 is 10.5 Å². The maximum absolute atomic E-state index is 12.0. The summed E-state index contributed by atoms with van der Waals surface area (Å²) in [7, 11) is 0. The number of piperidine rings is 1. The first kappa shape index (κ1) is 14.4. The van der Waals surface area contributed by atoms with Gasteiger partial charge in [0.15, 0.2) is 6.61 Å². The number of amides is 1. The van der Waals surface area contributed by atoms with E-state index in [4.69, 9.17) is 33.7 Å². The number of benzene rings is 1. The highest BCUT2D eigenvalue weighted by Crippen LogP contribution is 2.27. The fourth-order valence-electron chi connectivity index (χ4n) is 1.97. The second-order valence-electron chi connectivity index (χ2n) is 4.58. The molecule has 0 spiro atoms. The van der Waals surface area contributed by atoms with Crippen LogP contribution >= 0.6 is 23.2 Å². The number of carbonyl (C=O) groups is 1. The Labute approximate surface area is 122 Å². The Bertz CT molecular complexity index is 460. The van der Waals surface area contributed by atoms with Gasteiger partial charge in [0, 0.05) is 30.2 Å². The molecule has 0 atom stereocenters. The van der Waals surface area contributed by atoms with E-state index < -0.39 is 0 Å². The van der Waals surface area contributed by atoms with Crippen molar-refractivity contribution in [2.45, 2.75) is 18.9 Å². The van der Waals surface area contributed by atoms with Gasteiger partial charge < -0.3 is 15.4 Å². The highest BCUT2D eigenvalue weighted by Gasteiger charge is 2.20. The van der Waals surface area contributed by atoms with Crippen LogP contribution in [0.4, 0.5) is 0 Å². The number of ether oxygens (including phenoxy) is 1. The zero-order valence-electron chi connectivity index (χ0n) is 10.4. The van der Waals surface area contributed by atoms with Gasteiger partial charge in [0.1, 0.15) is 5.75 Å². The molecule has 1 heterocycles. The summed E-state index contributed by atoms with van der Waals surface area (Å²) >= 11 is 11.8. The van der Waals surface area contributed by atoms with Gasteiger partial charge in [-0.3, -0.25) is 4.79 Å². The summed E-state index contributed by atoms with van der Waals surface area (Å²) in [5.41, 5.74) is 5.80. The molecular formula is C13H16Cl2N2O2. The molecule has 1 saturated heterocycles. The van der Waals surface area contributed by atoms with Crippen LogP contribution in [0, 0.1) is 0 Å². The minimum absolute atomic E-state index is 0.0324. The van der Waals surface area contributed by atoms with E-state index >= 15 is 0 Å². The van der Waals surface area contributed by atoms with Crippen molar-refractivity contribution in [3.63, 3.8) is 0 Å². The second-order valence-corrected chi connectivity index (χ2v) is 5.43. The molecule has 0 unspecified atom stereocenters. The van der Waals surface area contributed by atoms with Crippen LogP contribution in [0.1, 0.15) is 12.8 Å². The molecule has 0 radical (unpaired) electrons. The first-order valence-corrected chi connectivity index (χ1v) is 6.93. The van der Waals surface area contributed by atoms with Gasteiger partial charge in [-0.15, -0.1) is 0 Å². The average molecular weight is 303 g/mol. The Balaban J connectivity index is 1.88. The molecule has 6 heteroatoms. The maximum atomic E-state index is 12.0. The van der Waals surface area contributed by atoms with E-state index in [0.717, 1.165) is 12.8 Å². The number of carbonyl (C=O) groups excluding carboxylic acids is 1. The van der Waals surface area contributed by atoms with E-state index in [-0.39, 0.29) is 18.6 Å². The highest BCUT2D eigenvalue weighted by molar-refractivity contribution is 6.34. The highest BCUT2D eigenvalue weighted by atomic mass is 35.5. The molecule has 1 aliphatic heterocycles. The minimum Gasteiger partial charge on any atom is -0.482 e. The molecule has 2 rings (SSSR count). The summed E-state index contributed by atoms with van der Waals surface area (Å²) < 4.78 is 5.42. The zero-order valence-corrected chi connectivity index (χ0v) is 12.0. The summed E-state index contributed by atoms with van der Waals surface area (Å²) in [5.74, 6) is 0.374. The third-order valence-corrected chi connectivity index (χ3v) is 3.68. The number of likely N-dealkylation sites (tertiary alicyclic amines) is 1. The van der Waals surface area contributed by atoms with Crippen LogP contribution in [-0.2, 0) is 4.79 Å². The molecule has 0 aromatic heterocycles. The Kier molecular flexibility index (Phi) is 4.91. The number of nitrogens with two attached hydrogens (primary N) is 1. The Hall–Kier alpha value is -0.970. The van der Waals surface area contributed by atoms with Gasteiger partial charge in [0.05, 0.1) is 5.02 Å². The van der Waals surface area contributed by atoms with Crippen molar-refractivity contribution in [2.75, 3.05) is 19.7 Å². The standard InChI is InChI=1S/C13H16Cl2N2O2/c14-9-1-2-11(15)12(7-9)19-8-13(18)17-5-3-10(16)4-6-17/h1-2,7,10H,3-6,8,16H2. The van der Waals surface area contributed by atoms with Crippen molar-refractivity contribution in [2.24, 2.45) is 5.73 Å². The van der Waals surface area contributed by atoms with E-state index in [1.54, 1.807) is 23.1 Å². The summed E-state index contributed by atoms with van der Waals surface area (Å²) in [4.78, 5) is 13.7. The lowest BCUT2D eigenvalue weighted by molar-refractivity contribution is -0.134. The van der Waals surface area contributed by atoms with Gasteiger partial charge in [-0.1, -0.05) is 23.2 Å². The number of hydrogen-bond acceptors (Lipinski definition) is 3. The quantitative estimate of drug-likeness (QED) is 0.932. The molecule has 0 saturated carbocycles. The smallest absolute Gasteiger partial charge is 0.260 e. The summed E-state index contributed by atoms with van der Waals surface area (Å²) in [6.45, 7) is 1.34. The molecule has 0 bridgehead atoms. The molecule has 104 valence electrons. The van der Waals surface area contributed by atoms with E-state index in [1.165, 1.54) is 0 Å². The fourth-order valence-corrected chi connectivity index (χ4v) is 2.30. The van der Waals surface area contributed by atoms with Crippen molar-refractivity contribution in [1.82, 2.24) is 4.90 Å². The molecule has 1 aromatic rings. The molecular weight excluding hydrogens is 287 g/mol. The zero-order chi connectivity index (χ0) is 13.8. The van der Waals surface area contributed by atoms with Gasteiger partial charge >= 0.3 is 0 Å². The van der Waals surface area contributed by atoms with E-state index in [1.807, 2.05) is 0 Å². The summed E-state index contributed by atoms with van der Waals surface area (Å²) in [6, 6.07) is 5.12. The van der Waals surface area contributed by atoms with E-state index in [0.29, 0.717) is 28.9 Å². The van der Waals surface area contributed by atoms with Crippen LogP contribution in [0.3, 0.4) is 0 Å². The monoisotopic (exact) mass is 302 g/mol. The van der Waals surface area contributed by atoms with Crippen LogP contribution in [0.2, 0.25) is 10.0 Å². The third kappa shape index (κ3) is 4.00. The first-order valence-electron chi connectivity index (χ1n) is 6.17. The van der Waals surface area contributed by atoms with Crippen molar-refractivity contribution < 1.29 is 9.53 Å². The first-order chi connectivity index (χ1) is 9.06. The lowest BCUT2D eigenvalue weighted by atomic mass is 10.1. The molecule has 4 nitrogen and oxygen atoms in total. The normalized spacial score (nSPS) is 16.5. The SMILES string of the molecule is NC1CCN(C(=O)COc2cc(Cl)ccc2Cl)CC1. The van der Waals surface area contributed by atoms with Gasteiger partial charge in [0.2, 0.25) is 0 Å². The summed E-state index contributed by atoms with van der Waals surface area (Å²) in [6.07, 6.45) is 1.67. The van der Waals surface area contributed by atoms with Gasteiger partial charge in [-0.05, 0) is 25.0 Å². The second kappa shape index (κ2) is 6.46. The van der Waals surface area contributed by atoms with Crippen LogP contribution in [0.15, 0.2) is 18.2 Å². The average Bonchev–Trinajstić information content (AvgIpc) is 2.40. The topological polar surface area (TPSA) is 55.6 Å². The Morgan fingerprint density at radius 3 is 2.74 bits per heavy atom. The lowest BCUT2D eigenvalue weighted by Gasteiger charge is -2.30. The van der Waals surface area contributed by atoms with Crippen molar-refractivity contribution >= 4 is 29.1 Å². The largest absolute Gasteiger partial charge is 0.482 e. The van der Waals surface area contributed by atoms with Crippen molar-refractivity contribution in [1.29, 1.82) is 0 Å². The maximum Gasteiger partial charge on any atom is 0.260 e. The lowest BCUT2D eigenvalue weighted by Crippen LogP contribution is -2.44. The summed E-state index contributed by atoms with van der Waals surface area (Å²) in [5, 5.41) is 0.966. The minimum atomic E-state index is -0.0528. The van der Waals surface area contributed by atoms with Crippen LogP contribution in [-0.4, -0.2) is 36.5 Å². The number of halogens is 2. The van der Waals surface area contributed by atoms with Crippen molar-refractivity contribution in [3.8, 4) is 5.75 Å². The number of nitrogens with zero attached hydrogens (tertiary/aromatic N) is 1. The molecule has 1 fully saturated rings. The van der Waals surface area contributed by atoms with Gasteiger partial charge in [-0.25, -0.2) is 0 Å². The molecule has 19 heavy (non-hydrogen) atoms. The van der Waals surface area contributed by atoms with E-state index in [2.05, 4.69) is 0 Å². The molecule has 0 aliphatic carbocycles. The van der Waals surface area contributed by atoms with Gasteiger partial charge in [-0.2, -0.15) is 0 Å². The van der Waals surface area contributed by atoms with E-state index in [9.17, 15) is 4.79 Å². The molecule has 1 aromatic carbocycles. The molecule has 2 N–H and O–H groups in total. The number of rotatable bonds is 3. The van der Waals surface area contributed by atoms with Crippen molar-refractivity contribution in [3.05, 3.63) is 28.2 Å². The van der Waals surface area contributed by atoms with Gasteiger partial charge in [0.25, 0.3) is 5.91 Å². The number of hydrogen-bond donors (Lipinski definition) is 1. The van der Waals surface area contributed by atoms with Crippen LogP contribution in [0.25, 0.3) is 0 Å².